The predicted octanol–water partition coefficient (Wildman–Crippen LogP) is 1.14. The number of hydrogen-bond acceptors (Lipinski definition) is 3. The monoisotopic (exact) mass is 184 g/mol. The summed E-state index contributed by atoms with van der Waals surface area (Å²) in [6.45, 7) is 5.01. The molecule has 1 aliphatic rings. The lowest BCUT2D eigenvalue weighted by atomic mass is 10.1. The second-order valence-electron chi connectivity index (χ2n) is 3.83. The molecular formula is C8H16N4O. The van der Waals surface area contributed by atoms with Crippen LogP contribution >= 0.6 is 0 Å². The van der Waals surface area contributed by atoms with Crippen LogP contribution in [0, 0.1) is 0 Å². The molecule has 0 saturated carbocycles. The minimum Gasteiger partial charge on any atom is -0.389 e. The largest absolute Gasteiger partial charge is 0.389 e. The Labute approximate surface area is 78.0 Å². The SMILES string of the molecule is CC1(O)CCN(CCCN=[N+]=[N-])C1. The van der Waals surface area contributed by atoms with Crippen LogP contribution in [0.4, 0.5) is 0 Å². The lowest BCUT2D eigenvalue weighted by Crippen LogP contribution is -2.30. The molecule has 5 nitrogen and oxygen atoms in total. The molecule has 1 atom stereocenters. The van der Waals surface area contributed by atoms with Crippen LogP contribution in [0.5, 0.6) is 0 Å². The molecule has 1 heterocycles. The van der Waals surface area contributed by atoms with E-state index in [0.29, 0.717) is 6.54 Å². The highest BCUT2D eigenvalue weighted by molar-refractivity contribution is 4.85. The minimum absolute atomic E-state index is 0.515. The van der Waals surface area contributed by atoms with E-state index in [1.165, 1.54) is 0 Å². The van der Waals surface area contributed by atoms with Crippen molar-refractivity contribution in [3.05, 3.63) is 10.4 Å². The molecule has 13 heavy (non-hydrogen) atoms. The molecule has 74 valence electrons. The molecule has 0 bridgehead atoms. The summed E-state index contributed by atoms with van der Waals surface area (Å²) in [5, 5.41) is 13.1. The third-order valence-electron chi connectivity index (χ3n) is 2.33. The average molecular weight is 184 g/mol. The van der Waals surface area contributed by atoms with E-state index in [1.807, 2.05) is 6.92 Å². The quantitative estimate of drug-likeness (QED) is 0.308. The van der Waals surface area contributed by atoms with Crippen molar-refractivity contribution >= 4 is 0 Å². The van der Waals surface area contributed by atoms with Gasteiger partial charge in [0.1, 0.15) is 0 Å². The summed E-state index contributed by atoms with van der Waals surface area (Å²) < 4.78 is 0. The first-order chi connectivity index (χ1) is 6.14. The zero-order valence-corrected chi connectivity index (χ0v) is 7.98. The smallest absolute Gasteiger partial charge is 0.0758 e. The van der Waals surface area contributed by atoms with E-state index in [1.54, 1.807) is 0 Å². The Morgan fingerprint density at radius 3 is 3.00 bits per heavy atom. The fourth-order valence-electron chi connectivity index (χ4n) is 1.64. The predicted molar refractivity (Wildman–Crippen MR) is 50.3 cm³/mol. The molecule has 1 N–H and O–H groups in total. The van der Waals surface area contributed by atoms with Crippen molar-refractivity contribution < 1.29 is 5.11 Å². The maximum Gasteiger partial charge on any atom is 0.0758 e. The van der Waals surface area contributed by atoms with Crippen molar-refractivity contribution in [2.24, 2.45) is 5.11 Å². The zero-order chi connectivity index (χ0) is 9.73. The topological polar surface area (TPSA) is 72.2 Å². The second kappa shape index (κ2) is 4.46. The molecule has 1 fully saturated rings. The molecule has 0 spiro atoms. The average Bonchev–Trinajstić information content (AvgIpc) is 2.40. The third kappa shape index (κ3) is 3.63. The van der Waals surface area contributed by atoms with Crippen molar-refractivity contribution in [3.8, 4) is 0 Å². The normalized spacial score (nSPS) is 28.8. The van der Waals surface area contributed by atoms with Gasteiger partial charge >= 0.3 is 0 Å². The second-order valence-corrected chi connectivity index (χ2v) is 3.83. The molecular weight excluding hydrogens is 168 g/mol. The highest BCUT2D eigenvalue weighted by Crippen LogP contribution is 2.19. The number of azide groups is 1. The Balaban J connectivity index is 2.14. The van der Waals surface area contributed by atoms with Gasteiger partial charge in [-0.15, -0.1) is 0 Å². The van der Waals surface area contributed by atoms with Gasteiger partial charge in [-0.3, -0.25) is 0 Å². The number of aliphatic hydroxyl groups is 1. The van der Waals surface area contributed by atoms with Crippen molar-refractivity contribution in [2.75, 3.05) is 26.2 Å². The van der Waals surface area contributed by atoms with Gasteiger partial charge in [-0.2, -0.15) is 0 Å². The Bertz CT molecular complexity index is 210. The number of likely N-dealkylation sites (tertiary alicyclic amines) is 1. The van der Waals surface area contributed by atoms with Gasteiger partial charge in [-0.1, -0.05) is 5.11 Å². The Hall–Kier alpha value is -0.770. The summed E-state index contributed by atoms with van der Waals surface area (Å²) >= 11 is 0. The molecule has 0 aliphatic carbocycles. The summed E-state index contributed by atoms with van der Waals surface area (Å²) in [6.07, 6.45) is 1.72. The summed E-state index contributed by atoms with van der Waals surface area (Å²) in [6, 6.07) is 0. The van der Waals surface area contributed by atoms with Gasteiger partial charge in [0.25, 0.3) is 0 Å². The third-order valence-corrected chi connectivity index (χ3v) is 2.33. The van der Waals surface area contributed by atoms with Crippen LogP contribution in [0.1, 0.15) is 19.8 Å². The minimum atomic E-state index is -0.515. The van der Waals surface area contributed by atoms with Gasteiger partial charge < -0.3 is 10.0 Å². The molecule has 1 aliphatic heterocycles. The molecule has 0 aromatic heterocycles. The van der Waals surface area contributed by atoms with Gasteiger partial charge in [0.2, 0.25) is 0 Å². The number of nitrogens with zero attached hydrogens (tertiary/aromatic N) is 4. The fraction of sp³-hybridized carbons (Fsp3) is 1.00. The molecule has 0 amide bonds. The van der Waals surface area contributed by atoms with Crippen molar-refractivity contribution in [1.29, 1.82) is 0 Å². The molecule has 0 aromatic carbocycles. The van der Waals surface area contributed by atoms with Gasteiger partial charge in [-0.25, -0.2) is 0 Å². The summed E-state index contributed by atoms with van der Waals surface area (Å²) in [5.74, 6) is 0. The van der Waals surface area contributed by atoms with Gasteiger partial charge in [0.05, 0.1) is 5.60 Å². The van der Waals surface area contributed by atoms with Crippen LogP contribution in [-0.2, 0) is 0 Å². The van der Waals surface area contributed by atoms with Crippen LogP contribution in [0.15, 0.2) is 5.11 Å². The maximum atomic E-state index is 9.64. The summed E-state index contributed by atoms with van der Waals surface area (Å²) in [5.41, 5.74) is 7.53. The molecule has 1 unspecified atom stereocenters. The first-order valence-electron chi connectivity index (χ1n) is 4.60. The van der Waals surface area contributed by atoms with Crippen molar-refractivity contribution in [3.63, 3.8) is 0 Å². The van der Waals surface area contributed by atoms with E-state index >= 15 is 0 Å². The highest BCUT2D eigenvalue weighted by Gasteiger charge is 2.30. The zero-order valence-electron chi connectivity index (χ0n) is 7.98. The summed E-state index contributed by atoms with van der Waals surface area (Å²) in [4.78, 5) is 4.89. The highest BCUT2D eigenvalue weighted by atomic mass is 16.3. The Morgan fingerprint density at radius 1 is 1.69 bits per heavy atom. The van der Waals surface area contributed by atoms with Crippen LogP contribution in [0.3, 0.4) is 0 Å². The molecule has 0 radical (unpaired) electrons. The van der Waals surface area contributed by atoms with Crippen LogP contribution in [-0.4, -0.2) is 41.8 Å². The Kier molecular flexibility index (Phi) is 3.54. The molecule has 1 rings (SSSR count). The van der Waals surface area contributed by atoms with Crippen LogP contribution in [0.2, 0.25) is 0 Å². The Morgan fingerprint density at radius 2 is 2.46 bits per heavy atom. The first-order valence-corrected chi connectivity index (χ1v) is 4.60. The maximum absolute atomic E-state index is 9.64. The molecule has 5 heteroatoms. The van der Waals surface area contributed by atoms with Crippen molar-refractivity contribution in [1.82, 2.24) is 4.90 Å². The summed E-state index contributed by atoms with van der Waals surface area (Å²) in [7, 11) is 0. The van der Waals surface area contributed by atoms with Gasteiger partial charge in [0.15, 0.2) is 0 Å². The van der Waals surface area contributed by atoms with E-state index in [-0.39, 0.29) is 0 Å². The van der Waals surface area contributed by atoms with Crippen LogP contribution < -0.4 is 0 Å². The van der Waals surface area contributed by atoms with E-state index in [9.17, 15) is 5.11 Å². The van der Waals surface area contributed by atoms with E-state index in [4.69, 9.17) is 5.53 Å². The number of hydrogen-bond donors (Lipinski definition) is 1. The lowest BCUT2D eigenvalue weighted by molar-refractivity contribution is 0.0687. The van der Waals surface area contributed by atoms with Gasteiger partial charge in [0, 0.05) is 24.5 Å². The van der Waals surface area contributed by atoms with Crippen LogP contribution in [0.25, 0.3) is 10.4 Å². The fourth-order valence-corrected chi connectivity index (χ4v) is 1.64. The number of β-amino-alcohol motifs (C(OH)–C–C–N with tert-alkyl or cyclic N) is 1. The van der Waals surface area contributed by atoms with Gasteiger partial charge in [-0.05, 0) is 31.8 Å². The first kappa shape index (κ1) is 10.3. The van der Waals surface area contributed by atoms with Crippen molar-refractivity contribution in [2.45, 2.75) is 25.4 Å². The van der Waals surface area contributed by atoms with E-state index in [0.717, 1.165) is 32.5 Å². The molecule has 0 aromatic rings. The lowest BCUT2D eigenvalue weighted by Gasteiger charge is -2.18. The standard InChI is InChI=1S/C8H16N4O/c1-8(13)3-6-12(7-8)5-2-4-10-11-9/h13H,2-7H2,1H3. The molecule has 1 saturated heterocycles. The van der Waals surface area contributed by atoms with E-state index < -0.39 is 5.60 Å². The van der Waals surface area contributed by atoms with E-state index in [2.05, 4.69) is 14.9 Å². The number of rotatable bonds is 4.